The molecule has 12 heteroatoms. The number of carbonyl (C=O) groups excluding carboxylic acids is 2. The van der Waals surface area contributed by atoms with Crippen molar-refractivity contribution in [2.75, 3.05) is 17.2 Å². The van der Waals surface area contributed by atoms with E-state index in [0.29, 0.717) is 48.2 Å². The van der Waals surface area contributed by atoms with E-state index in [9.17, 15) is 9.59 Å². The van der Waals surface area contributed by atoms with Crippen LogP contribution in [0.1, 0.15) is 36.9 Å². The van der Waals surface area contributed by atoms with Gasteiger partial charge in [-0.1, -0.05) is 24.3 Å². The molecule has 1 aliphatic rings. The van der Waals surface area contributed by atoms with E-state index >= 15 is 0 Å². The van der Waals surface area contributed by atoms with Crippen molar-refractivity contribution >= 4 is 35.7 Å². The number of anilines is 2. The highest BCUT2D eigenvalue weighted by Gasteiger charge is 2.35. The van der Waals surface area contributed by atoms with Gasteiger partial charge in [0, 0.05) is 22.7 Å². The van der Waals surface area contributed by atoms with Gasteiger partial charge in [0.15, 0.2) is 0 Å². The Balaban J connectivity index is 0.00000405. The van der Waals surface area contributed by atoms with Gasteiger partial charge in [0.25, 0.3) is 5.91 Å². The van der Waals surface area contributed by atoms with Crippen LogP contribution in [0.15, 0.2) is 60.7 Å². The Morgan fingerprint density at radius 3 is 2.24 bits per heavy atom. The van der Waals surface area contributed by atoms with E-state index in [2.05, 4.69) is 25.6 Å². The molecule has 2 aromatic heterocycles. The first kappa shape index (κ1) is 30.8. The SMILES string of the molecule is Cc1nc(N)ccc1-c1ccc(C[C@H](N)C(=O)N(C(=O)C2CCC(CN)CC2)c2ccc(-c3nn[nH]n3)cc2)cc1.Cl. The predicted molar refractivity (Wildman–Crippen MR) is 164 cm³/mol. The van der Waals surface area contributed by atoms with E-state index in [1.807, 2.05) is 37.3 Å². The minimum Gasteiger partial charge on any atom is -0.384 e. The topological polar surface area (TPSA) is 183 Å². The average Bonchev–Trinajstić information content (AvgIpc) is 3.53. The summed E-state index contributed by atoms with van der Waals surface area (Å²) < 4.78 is 0. The lowest BCUT2D eigenvalue weighted by Gasteiger charge is -2.32. The summed E-state index contributed by atoms with van der Waals surface area (Å²) in [6, 6.07) is 17.6. The van der Waals surface area contributed by atoms with Gasteiger partial charge >= 0.3 is 0 Å². The summed E-state index contributed by atoms with van der Waals surface area (Å²) in [7, 11) is 0. The maximum Gasteiger partial charge on any atom is 0.251 e. The molecule has 0 unspecified atom stereocenters. The van der Waals surface area contributed by atoms with E-state index in [1.165, 1.54) is 4.90 Å². The highest BCUT2D eigenvalue weighted by molar-refractivity contribution is 6.17. The van der Waals surface area contributed by atoms with Crippen LogP contribution in [0.5, 0.6) is 0 Å². The first-order chi connectivity index (χ1) is 19.8. The number of nitrogens with one attached hydrogen (secondary N) is 1. The third kappa shape index (κ3) is 6.81. The van der Waals surface area contributed by atoms with Crippen LogP contribution in [-0.4, -0.2) is 50.0 Å². The number of pyridine rings is 1. The Morgan fingerprint density at radius 2 is 1.64 bits per heavy atom. The van der Waals surface area contributed by atoms with E-state index in [0.717, 1.165) is 35.2 Å². The van der Waals surface area contributed by atoms with Gasteiger partial charge in [-0.15, -0.1) is 22.6 Å². The Kier molecular flexibility index (Phi) is 10.00. The molecule has 0 saturated heterocycles. The first-order valence-electron chi connectivity index (χ1n) is 13.8. The molecular formula is C30H36ClN9O2. The van der Waals surface area contributed by atoms with Gasteiger partial charge in [0.05, 0.1) is 11.7 Å². The maximum atomic E-state index is 13.8. The number of nitrogens with two attached hydrogens (primary N) is 3. The number of aryl methyl sites for hydroxylation is 1. The molecule has 0 spiro atoms. The van der Waals surface area contributed by atoms with Crippen LogP contribution in [-0.2, 0) is 16.0 Å². The van der Waals surface area contributed by atoms with Crippen LogP contribution < -0.4 is 22.1 Å². The van der Waals surface area contributed by atoms with Gasteiger partial charge in [-0.3, -0.25) is 9.59 Å². The normalized spacial score (nSPS) is 17.2. The molecule has 2 aromatic carbocycles. The molecule has 2 heterocycles. The Hall–Kier alpha value is -4.19. The molecule has 42 heavy (non-hydrogen) atoms. The van der Waals surface area contributed by atoms with Crippen LogP contribution in [0, 0.1) is 18.8 Å². The van der Waals surface area contributed by atoms with Crippen molar-refractivity contribution in [2.45, 2.75) is 45.1 Å². The summed E-state index contributed by atoms with van der Waals surface area (Å²) in [6.07, 6.45) is 3.41. The molecule has 1 fully saturated rings. The van der Waals surface area contributed by atoms with E-state index in [1.54, 1.807) is 30.3 Å². The number of H-pyrrole nitrogens is 1. The van der Waals surface area contributed by atoms with Gasteiger partial charge in [0.1, 0.15) is 5.82 Å². The Morgan fingerprint density at radius 1 is 0.976 bits per heavy atom. The molecule has 1 atom stereocenters. The summed E-state index contributed by atoms with van der Waals surface area (Å²) in [5.74, 6) is 0.382. The lowest BCUT2D eigenvalue weighted by Crippen LogP contribution is -2.50. The van der Waals surface area contributed by atoms with E-state index < -0.39 is 11.9 Å². The number of aromatic amines is 1. The lowest BCUT2D eigenvalue weighted by molar-refractivity contribution is -0.130. The second-order valence-corrected chi connectivity index (χ2v) is 10.6. The molecule has 11 nitrogen and oxygen atoms in total. The van der Waals surface area contributed by atoms with Gasteiger partial charge in [-0.25, -0.2) is 9.88 Å². The molecule has 4 aromatic rings. The van der Waals surface area contributed by atoms with Crippen molar-refractivity contribution in [3.63, 3.8) is 0 Å². The summed E-state index contributed by atoms with van der Waals surface area (Å²) in [5, 5.41) is 14.0. The number of amides is 2. The monoisotopic (exact) mass is 589 g/mol. The number of carbonyl (C=O) groups is 2. The Labute approximate surface area is 250 Å². The van der Waals surface area contributed by atoms with Crippen LogP contribution in [0.2, 0.25) is 0 Å². The van der Waals surface area contributed by atoms with E-state index in [-0.39, 0.29) is 30.7 Å². The van der Waals surface area contributed by atoms with E-state index in [4.69, 9.17) is 17.2 Å². The van der Waals surface area contributed by atoms with Gasteiger partial charge < -0.3 is 17.2 Å². The standard InChI is InChI=1S/C30H35N9O2.ClH/c1-18-25(14-15-27(33)34-18)21-6-2-19(3-7-21)16-26(32)30(41)39(29(40)23-8-4-20(17-31)5-9-23)24-12-10-22(11-13-24)28-35-37-38-36-28;/h2-3,6-7,10-15,20,23,26H,4-5,8-9,16-17,31-32H2,1H3,(H2,33,34)(H,35,36,37,38);1H/t20?,23?,26-;/m0./s1. The molecular weight excluding hydrogens is 554 g/mol. The molecule has 2 amide bonds. The fraction of sp³-hybridized carbons (Fsp3) is 0.333. The second kappa shape index (κ2) is 13.6. The van der Waals surface area contributed by atoms with Gasteiger partial charge in [-0.05, 0) is 104 Å². The van der Waals surface area contributed by atoms with Crippen molar-refractivity contribution in [3.05, 3.63) is 71.9 Å². The fourth-order valence-corrected chi connectivity index (χ4v) is 5.45. The minimum atomic E-state index is -0.915. The molecule has 0 radical (unpaired) electrons. The average molecular weight is 590 g/mol. The molecule has 0 aliphatic heterocycles. The van der Waals surface area contributed by atoms with Crippen molar-refractivity contribution < 1.29 is 9.59 Å². The van der Waals surface area contributed by atoms with Gasteiger partial charge in [0.2, 0.25) is 11.7 Å². The number of nitrogens with zero attached hydrogens (tertiary/aromatic N) is 5. The highest BCUT2D eigenvalue weighted by atomic mass is 35.5. The van der Waals surface area contributed by atoms with Gasteiger partial charge in [-0.2, -0.15) is 5.21 Å². The zero-order chi connectivity index (χ0) is 28.9. The van der Waals surface area contributed by atoms with Crippen molar-refractivity contribution in [2.24, 2.45) is 23.3 Å². The third-order valence-electron chi connectivity index (χ3n) is 7.84. The maximum absolute atomic E-state index is 13.8. The lowest BCUT2D eigenvalue weighted by atomic mass is 9.81. The number of imide groups is 1. The largest absolute Gasteiger partial charge is 0.384 e. The number of tetrazole rings is 1. The van der Waals surface area contributed by atoms with Crippen molar-refractivity contribution in [1.29, 1.82) is 0 Å². The summed E-state index contributed by atoms with van der Waals surface area (Å²) in [5.41, 5.74) is 23.0. The minimum absolute atomic E-state index is 0. The smallest absolute Gasteiger partial charge is 0.251 e. The molecule has 5 rings (SSSR count). The first-order valence-corrected chi connectivity index (χ1v) is 13.8. The second-order valence-electron chi connectivity index (χ2n) is 10.6. The Bertz CT molecular complexity index is 1490. The number of aromatic nitrogens is 5. The summed E-state index contributed by atoms with van der Waals surface area (Å²) >= 11 is 0. The van der Waals surface area contributed by atoms with Crippen molar-refractivity contribution in [1.82, 2.24) is 25.6 Å². The predicted octanol–water partition coefficient (Wildman–Crippen LogP) is 3.44. The quantitative estimate of drug-likeness (QED) is 0.239. The third-order valence-corrected chi connectivity index (χ3v) is 7.84. The zero-order valence-electron chi connectivity index (χ0n) is 23.4. The number of hydrogen-bond acceptors (Lipinski definition) is 9. The van der Waals surface area contributed by atoms with Crippen LogP contribution in [0.3, 0.4) is 0 Å². The molecule has 0 bridgehead atoms. The summed E-state index contributed by atoms with van der Waals surface area (Å²) in [6.45, 7) is 2.52. The molecule has 1 aliphatic carbocycles. The van der Waals surface area contributed by atoms with Crippen LogP contribution in [0.4, 0.5) is 11.5 Å². The zero-order valence-corrected chi connectivity index (χ0v) is 24.3. The molecule has 220 valence electrons. The number of nitrogen functional groups attached to an aromatic ring is 1. The molecule has 7 N–H and O–H groups in total. The van der Waals surface area contributed by atoms with Crippen LogP contribution in [0.25, 0.3) is 22.5 Å². The number of benzene rings is 2. The van der Waals surface area contributed by atoms with Crippen molar-refractivity contribution in [3.8, 4) is 22.5 Å². The molecule has 1 saturated carbocycles. The van der Waals surface area contributed by atoms with Crippen LogP contribution >= 0.6 is 12.4 Å². The number of hydrogen-bond donors (Lipinski definition) is 4. The fourth-order valence-electron chi connectivity index (χ4n) is 5.45. The summed E-state index contributed by atoms with van der Waals surface area (Å²) in [4.78, 5) is 33.3. The number of halogens is 1. The number of rotatable bonds is 8. The highest BCUT2D eigenvalue weighted by Crippen LogP contribution is 2.32.